The minimum atomic E-state index is -2.78. The van der Waals surface area contributed by atoms with Gasteiger partial charge in [0.1, 0.15) is 9.84 Å². The zero-order valence-corrected chi connectivity index (χ0v) is 13.3. The van der Waals surface area contributed by atoms with Crippen molar-refractivity contribution in [3.63, 3.8) is 0 Å². The number of benzene rings is 1. The summed E-state index contributed by atoms with van der Waals surface area (Å²) in [5.41, 5.74) is 1.32. The van der Waals surface area contributed by atoms with E-state index in [1.165, 1.54) is 5.56 Å². The first-order valence-corrected chi connectivity index (χ1v) is 9.62. The maximum atomic E-state index is 11.6. The maximum Gasteiger partial charge on any atom is 0.150 e. The van der Waals surface area contributed by atoms with Crippen LogP contribution in [0.25, 0.3) is 0 Å². The molecule has 2 aliphatic heterocycles. The van der Waals surface area contributed by atoms with E-state index in [4.69, 9.17) is 0 Å². The molecule has 2 aliphatic rings. The van der Waals surface area contributed by atoms with Gasteiger partial charge in [0.25, 0.3) is 0 Å². The predicted molar refractivity (Wildman–Crippen MR) is 85.0 cm³/mol. The molecule has 0 bridgehead atoms. The quantitative estimate of drug-likeness (QED) is 0.901. The van der Waals surface area contributed by atoms with Gasteiger partial charge >= 0.3 is 0 Å². The minimum Gasteiger partial charge on any atom is -0.307 e. The normalized spacial score (nSPS) is 31.1. The van der Waals surface area contributed by atoms with Crippen molar-refractivity contribution < 1.29 is 8.42 Å². The summed E-state index contributed by atoms with van der Waals surface area (Å²) in [4.78, 5) is 2.52. The summed E-state index contributed by atoms with van der Waals surface area (Å²) in [7, 11) is -2.78. The van der Waals surface area contributed by atoms with Crippen LogP contribution in [0.15, 0.2) is 30.3 Å². The first kappa shape index (κ1) is 15.0. The van der Waals surface area contributed by atoms with Gasteiger partial charge in [-0.05, 0) is 25.3 Å². The highest BCUT2D eigenvalue weighted by Gasteiger charge is 2.34. The van der Waals surface area contributed by atoms with Gasteiger partial charge in [0, 0.05) is 31.2 Å². The van der Waals surface area contributed by atoms with Gasteiger partial charge in [-0.15, -0.1) is 0 Å². The molecule has 116 valence electrons. The Morgan fingerprint density at radius 3 is 2.48 bits per heavy atom. The summed E-state index contributed by atoms with van der Waals surface area (Å²) in [5.74, 6) is 0.703. The Morgan fingerprint density at radius 2 is 1.81 bits per heavy atom. The molecule has 21 heavy (non-hydrogen) atoms. The molecule has 2 fully saturated rings. The molecule has 5 heteroatoms. The van der Waals surface area contributed by atoms with E-state index in [2.05, 4.69) is 41.4 Å². The summed E-state index contributed by atoms with van der Waals surface area (Å²) >= 11 is 0. The van der Waals surface area contributed by atoms with Gasteiger partial charge < -0.3 is 5.32 Å². The van der Waals surface area contributed by atoms with Crippen LogP contribution < -0.4 is 5.32 Å². The Labute approximate surface area is 127 Å². The molecule has 0 spiro atoms. The predicted octanol–water partition coefficient (Wildman–Crippen LogP) is 1.60. The van der Waals surface area contributed by atoms with Gasteiger partial charge in [0.15, 0.2) is 0 Å². The van der Waals surface area contributed by atoms with Crippen molar-refractivity contribution in [1.82, 2.24) is 10.2 Å². The Balaban J connectivity index is 1.70. The van der Waals surface area contributed by atoms with E-state index >= 15 is 0 Å². The summed E-state index contributed by atoms with van der Waals surface area (Å²) < 4.78 is 23.2. The molecule has 3 rings (SSSR count). The van der Waals surface area contributed by atoms with E-state index in [0.29, 0.717) is 29.6 Å². The zero-order valence-electron chi connectivity index (χ0n) is 12.5. The van der Waals surface area contributed by atoms with Crippen molar-refractivity contribution >= 4 is 9.84 Å². The van der Waals surface area contributed by atoms with Crippen molar-refractivity contribution in [3.05, 3.63) is 35.9 Å². The molecule has 0 aromatic heterocycles. The molecule has 2 unspecified atom stereocenters. The lowest BCUT2D eigenvalue weighted by Gasteiger charge is -2.44. The third-order valence-corrected chi connectivity index (χ3v) is 6.53. The molecule has 0 aliphatic carbocycles. The van der Waals surface area contributed by atoms with Crippen LogP contribution in [0.3, 0.4) is 0 Å². The molecule has 4 nitrogen and oxygen atoms in total. The summed E-state index contributed by atoms with van der Waals surface area (Å²) in [6.45, 7) is 4.16. The lowest BCUT2D eigenvalue weighted by Crippen LogP contribution is -2.56. The highest BCUT2D eigenvalue weighted by molar-refractivity contribution is 7.91. The van der Waals surface area contributed by atoms with Crippen LogP contribution in [0.4, 0.5) is 0 Å². The Bertz CT molecular complexity index is 559. The Hall–Kier alpha value is -0.910. The molecule has 1 aromatic carbocycles. The number of hydrogen-bond acceptors (Lipinski definition) is 4. The summed E-state index contributed by atoms with van der Waals surface area (Å²) in [5, 5.41) is 3.61. The van der Waals surface area contributed by atoms with Crippen LogP contribution in [-0.2, 0) is 9.84 Å². The van der Waals surface area contributed by atoms with E-state index in [1.807, 2.05) is 6.07 Å². The van der Waals surface area contributed by atoms with E-state index < -0.39 is 9.84 Å². The average Bonchev–Trinajstić information content (AvgIpc) is 2.49. The number of piperazine rings is 1. The Morgan fingerprint density at radius 1 is 1.14 bits per heavy atom. The standard InChI is InChI=1S/C16H24N2O2S/c1-13-11-17-16(14-5-3-2-4-6-14)12-18(13)15-7-9-21(19,20)10-8-15/h2-6,13,15-17H,7-12H2,1H3. The smallest absolute Gasteiger partial charge is 0.150 e. The summed E-state index contributed by atoms with van der Waals surface area (Å²) in [6.07, 6.45) is 1.57. The second-order valence-electron chi connectivity index (χ2n) is 6.30. The Kier molecular flexibility index (Phi) is 4.33. The maximum absolute atomic E-state index is 11.6. The van der Waals surface area contributed by atoms with Crippen LogP contribution in [0.5, 0.6) is 0 Å². The zero-order chi connectivity index (χ0) is 14.9. The molecule has 1 aromatic rings. The van der Waals surface area contributed by atoms with E-state index in [9.17, 15) is 8.42 Å². The van der Waals surface area contributed by atoms with E-state index in [-0.39, 0.29) is 0 Å². The van der Waals surface area contributed by atoms with Crippen LogP contribution in [0.2, 0.25) is 0 Å². The fourth-order valence-corrected chi connectivity index (χ4v) is 4.98. The number of hydrogen-bond donors (Lipinski definition) is 1. The fourth-order valence-electron chi connectivity index (χ4n) is 3.51. The molecule has 0 amide bonds. The minimum absolute atomic E-state index is 0.348. The fraction of sp³-hybridized carbons (Fsp3) is 0.625. The average molecular weight is 308 g/mol. The van der Waals surface area contributed by atoms with Gasteiger partial charge in [-0.1, -0.05) is 30.3 Å². The number of nitrogens with zero attached hydrogens (tertiary/aromatic N) is 1. The number of nitrogens with one attached hydrogen (secondary N) is 1. The first-order chi connectivity index (χ1) is 10.1. The third kappa shape index (κ3) is 3.47. The van der Waals surface area contributed by atoms with Gasteiger partial charge in [0.05, 0.1) is 11.5 Å². The van der Waals surface area contributed by atoms with Crippen molar-refractivity contribution in [2.24, 2.45) is 0 Å². The lowest BCUT2D eigenvalue weighted by atomic mass is 9.98. The molecule has 1 N–H and O–H groups in total. The monoisotopic (exact) mass is 308 g/mol. The van der Waals surface area contributed by atoms with Gasteiger partial charge in [-0.25, -0.2) is 8.42 Å². The molecule has 0 saturated carbocycles. The highest BCUT2D eigenvalue weighted by Crippen LogP contribution is 2.26. The molecule has 2 atom stereocenters. The summed E-state index contributed by atoms with van der Waals surface area (Å²) in [6, 6.07) is 11.8. The van der Waals surface area contributed by atoms with Crippen LogP contribution in [0, 0.1) is 0 Å². The third-order valence-electron chi connectivity index (χ3n) is 4.81. The van der Waals surface area contributed by atoms with Crippen LogP contribution >= 0.6 is 0 Å². The molecule has 2 heterocycles. The largest absolute Gasteiger partial charge is 0.307 e. The van der Waals surface area contributed by atoms with Crippen LogP contribution in [0.1, 0.15) is 31.4 Å². The molecular weight excluding hydrogens is 284 g/mol. The highest BCUT2D eigenvalue weighted by atomic mass is 32.2. The first-order valence-electron chi connectivity index (χ1n) is 7.80. The van der Waals surface area contributed by atoms with Crippen molar-refractivity contribution in [2.75, 3.05) is 24.6 Å². The second kappa shape index (κ2) is 6.07. The topological polar surface area (TPSA) is 49.4 Å². The van der Waals surface area contributed by atoms with E-state index in [0.717, 1.165) is 25.9 Å². The number of rotatable bonds is 2. The second-order valence-corrected chi connectivity index (χ2v) is 8.60. The lowest BCUT2D eigenvalue weighted by molar-refractivity contribution is 0.0847. The molecular formula is C16H24N2O2S. The SMILES string of the molecule is CC1CNC(c2ccccc2)CN1C1CCS(=O)(=O)CC1. The van der Waals surface area contributed by atoms with Crippen molar-refractivity contribution in [1.29, 1.82) is 0 Å². The van der Waals surface area contributed by atoms with Crippen molar-refractivity contribution in [3.8, 4) is 0 Å². The molecule has 2 saturated heterocycles. The van der Waals surface area contributed by atoms with E-state index in [1.54, 1.807) is 0 Å². The van der Waals surface area contributed by atoms with Gasteiger partial charge in [0.2, 0.25) is 0 Å². The van der Waals surface area contributed by atoms with Gasteiger partial charge in [-0.3, -0.25) is 4.90 Å². The molecule has 0 radical (unpaired) electrons. The van der Waals surface area contributed by atoms with Crippen LogP contribution in [-0.4, -0.2) is 50.0 Å². The van der Waals surface area contributed by atoms with Gasteiger partial charge in [-0.2, -0.15) is 0 Å². The number of sulfone groups is 1. The van der Waals surface area contributed by atoms with Crippen molar-refractivity contribution in [2.45, 2.75) is 37.9 Å².